The van der Waals surface area contributed by atoms with Gasteiger partial charge in [0.15, 0.2) is 18.1 Å². The molecule has 1 amide bonds. The third kappa shape index (κ3) is 6.18. The molecule has 28 heavy (non-hydrogen) atoms. The number of hydrogen-bond donors (Lipinski definition) is 1. The monoisotopic (exact) mass is 401 g/mol. The van der Waals surface area contributed by atoms with Gasteiger partial charge in [-0.25, -0.2) is 0 Å². The van der Waals surface area contributed by atoms with E-state index in [0.717, 1.165) is 5.56 Å². The van der Waals surface area contributed by atoms with Crippen molar-refractivity contribution in [1.29, 1.82) is 5.26 Å². The molecule has 146 valence electrons. The first-order valence-corrected chi connectivity index (χ1v) is 8.80. The van der Waals surface area contributed by atoms with Crippen LogP contribution in [0.15, 0.2) is 41.6 Å². The van der Waals surface area contributed by atoms with Gasteiger partial charge >= 0.3 is 0 Å². The van der Waals surface area contributed by atoms with Crippen LogP contribution in [0.5, 0.6) is 11.5 Å². The first kappa shape index (κ1) is 21.1. The first-order chi connectivity index (χ1) is 13.4. The number of anilines is 1. The Morgan fingerprint density at radius 2 is 2.07 bits per heavy atom. The summed E-state index contributed by atoms with van der Waals surface area (Å²) < 4.78 is 10.9. The van der Waals surface area contributed by atoms with E-state index >= 15 is 0 Å². The Labute approximate surface area is 168 Å². The van der Waals surface area contributed by atoms with E-state index in [9.17, 15) is 4.79 Å². The summed E-state index contributed by atoms with van der Waals surface area (Å²) >= 11 is 5.88. The molecule has 7 nitrogen and oxygen atoms in total. The van der Waals surface area contributed by atoms with Gasteiger partial charge in [0.05, 0.1) is 30.7 Å². The van der Waals surface area contributed by atoms with Gasteiger partial charge in [-0.15, -0.1) is 0 Å². The van der Waals surface area contributed by atoms with Crippen LogP contribution >= 0.6 is 11.6 Å². The molecule has 0 unspecified atom stereocenters. The smallest absolute Gasteiger partial charge is 0.265 e. The summed E-state index contributed by atoms with van der Waals surface area (Å²) in [5.41, 5.74) is 1.34. The highest BCUT2D eigenvalue weighted by Crippen LogP contribution is 2.28. The maximum atomic E-state index is 12.0. The summed E-state index contributed by atoms with van der Waals surface area (Å²) in [6, 6.07) is 11.9. The number of halogens is 1. The largest absolute Gasteiger partial charge is 0.493 e. The molecule has 0 fully saturated rings. The third-order valence-corrected chi connectivity index (χ3v) is 3.63. The first-order valence-electron chi connectivity index (χ1n) is 8.42. The van der Waals surface area contributed by atoms with Gasteiger partial charge in [-0.2, -0.15) is 5.26 Å². The SMILES string of the molecule is COc1cc(/C=N\OCC(=O)Nc2cc(Cl)ccc2C#N)ccc1OC(C)C. The number of rotatable bonds is 8. The zero-order chi connectivity index (χ0) is 20.5. The number of oxime groups is 1. The second-order valence-corrected chi connectivity index (χ2v) is 6.37. The van der Waals surface area contributed by atoms with Gasteiger partial charge in [-0.1, -0.05) is 16.8 Å². The van der Waals surface area contributed by atoms with Gasteiger partial charge in [-0.05, 0) is 50.2 Å². The van der Waals surface area contributed by atoms with Crippen molar-refractivity contribution in [2.45, 2.75) is 20.0 Å². The minimum atomic E-state index is -0.464. The number of carbonyl (C=O) groups is 1. The molecule has 2 rings (SSSR count). The number of hydrogen-bond acceptors (Lipinski definition) is 6. The normalized spacial score (nSPS) is 10.6. The second kappa shape index (κ2) is 10.2. The van der Waals surface area contributed by atoms with Gasteiger partial charge < -0.3 is 19.6 Å². The Morgan fingerprint density at radius 3 is 2.75 bits per heavy atom. The maximum absolute atomic E-state index is 12.0. The summed E-state index contributed by atoms with van der Waals surface area (Å²) in [7, 11) is 1.55. The number of benzene rings is 2. The fourth-order valence-corrected chi connectivity index (χ4v) is 2.39. The van der Waals surface area contributed by atoms with Crippen molar-refractivity contribution >= 4 is 29.4 Å². The fraction of sp³-hybridized carbons (Fsp3) is 0.250. The molecule has 1 N–H and O–H groups in total. The van der Waals surface area contributed by atoms with E-state index in [1.54, 1.807) is 31.4 Å². The molecule has 0 saturated heterocycles. The summed E-state index contributed by atoms with van der Waals surface area (Å²) in [4.78, 5) is 17.0. The zero-order valence-corrected chi connectivity index (χ0v) is 16.5. The topological polar surface area (TPSA) is 92.9 Å². The molecule has 0 aliphatic heterocycles. The van der Waals surface area contributed by atoms with Crippen LogP contribution in [0.2, 0.25) is 5.02 Å². The van der Waals surface area contributed by atoms with Gasteiger partial charge in [0, 0.05) is 10.6 Å². The Morgan fingerprint density at radius 1 is 1.29 bits per heavy atom. The molecule has 0 radical (unpaired) electrons. The lowest BCUT2D eigenvalue weighted by Gasteiger charge is -2.13. The third-order valence-electron chi connectivity index (χ3n) is 3.40. The van der Waals surface area contributed by atoms with Crippen LogP contribution in [0.1, 0.15) is 25.0 Å². The van der Waals surface area contributed by atoms with E-state index in [2.05, 4.69) is 10.5 Å². The van der Waals surface area contributed by atoms with E-state index in [4.69, 9.17) is 31.2 Å². The molecule has 0 bridgehead atoms. The molecule has 8 heteroatoms. The van der Waals surface area contributed by atoms with Crippen LogP contribution < -0.4 is 14.8 Å². The highest BCUT2D eigenvalue weighted by Gasteiger charge is 2.09. The van der Waals surface area contributed by atoms with Gasteiger partial charge in [0.2, 0.25) is 0 Å². The molecular formula is C20H20ClN3O4. The van der Waals surface area contributed by atoms with Crippen LogP contribution in [0.4, 0.5) is 5.69 Å². The lowest BCUT2D eigenvalue weighted by Crippen LogP contribution is -2.17. The van der Waals surface area contributed by atoms with E-state index in [1.807, 2.05) is 19.9 Å². The van der Waals surface area contributed by atoms with E-state index in [0.29, 0.717) is 27.8 Å². The molecule has 0 spiro atoms. The molecule has 0 aromatic heterocycles. The fourth-order valence-electron chi connectivity index (χ4n) is 2.21. The summed E-state index contributed by atoms with van der Waals surface area (Å²) in [6.07, 6.45) is 1.48. The van der Waals surface area contributed by atoms with Gasteiger partial charge in [-0.3, -0.25) is 4.79 Å². The van der Waals surface area contributed by atoms with Crippen LogP contribution in [0, 0.1) is 11.3 Å². The van der Waals surface area contributed by atoms with E-state index in [-0.39, 0.29) is 12.7 Å². The molecule has 2 aromatic rings. The molecule has 0 aliphatic rings. The molecule has 2 aromatic carbocycles. The van der Waals surface area contributed by atoms with Crippen LogP contribution in [0.25, 0.3) is 0 Å². The van der Waals surface area contributed by atoms with Crippen LogP contribution in [-0.2, 0) is 9.63 Å². The van der Waals surface area contributed by atoms with Crippen molar-refractivity contribution in [3.8, 4) is 17.6 Å². The number of nitrogens with one attached hydrogen (secondary N) is 1. The molecule has 0 heterocycles. The lowest BCUT2D eigenvalue weighted by atomic mass is 10.2. The molecule has 0 atom stereocenters. The summed E-state index contributed by atoms with van der Waals surface area (Å²) in [5, 5.41) is 15.8. The number of nitriles is 1. The van der Waals surface area contributed by atoms with Crippen molar-refractivity contribution in [1.82, 2.24) is 0 Å². The number of ether oxygens (including phenoxy) is 2. The Balaban J connectivity index is 1.92. The maximum Gasteiger partial charge on any atom is 0.265 e. The van der Waals surface area contributed by atoms with E-state index in [1.165, 1.54) is 18.3 Å². The predicted octanol–water partition coefficient (Wildman–Crippen LogP) is 4.00. The number of methoxy groups -OCH3 is 1. The highest BCUT2D eigenvalue weighted by atomic mass is 35.5. The lowest BCUT2D eigenvalue weighted by molar-refractivity contribution is -0.120. The van der Waals surface area contributed by atoms with Crippen molar-refractivity contribution in [3.05, 3.63) is 52.5 Å². The number of amides is 1. The van der Waals surface area contributed by atoms with Crippen molar-refractivity contribution in [2.24, 2.45) is 5.16 Å². The summed E-state index contributed by atoms with van der Waals surface area (Å²) in [5.74, 6) is 0.735. The number of carbonyl (C=O) groups excluding carboxylic acids is 1. The number of nitrogens with zero attached hydrogens (tertiary/aromatic N) is 2. The molecular weight excluding hydrogens is 382 g/mol. The molecule has 0 aliphatic carbocycles. The minimum absolute atomic E-state index is 0.0244. The van der Waals surface area contributed by atoms with Crippen LogP contribution in [0.3, 0.4) is 0 Å². The van der Waals surface area contributed by atoms with Gasteiger partial charge in [0.1, 0.15) is 6.07 Å². The van der Waals surface area contributed by atoms with Crippen molar-refractivity contribution in [3.63, 3.8) is 0 Å². The Kier molecular flexibility index (Phi) is 7.66. The standard InChI is InChI=1S/C20H20ClN3O4/c1-13(2)28-18-7-4-14(8-19(18)26-3)11-23-27-12-20(25)24-17-9-16(21)6-5-15(17)10-22/h4-9,11,13H,12H2,1-3H3,(H,24,25)/b23-11-. The second-order valence-electron chi connectivity index (χ2n) is 5.93. The molecule has 0 saturated carbocycles. The minimum Gasteiger partial charge on any atom is -0.493 e. The predicted molar refractivity (Wildman–Crippen MR) is 107 cm³/mol. The zero-order valence-electron chi connectivity index (χ0n) is 15.7. The van der Waals surface area contributed by atoms with Crippen LogP contribution in [-0.4, -0.2) is 31.9 Å². The average Bonchev–Trinajstić information content (AvgIpc) is 2.66. The quantitative estimate of drug-likeness (QED) is 0.533. The van der Waals surface area contributed by atoms with Crippen molar-refractivity contribution in [2.75, 3.05) is 19.0 Å². The average molecular weight is 402 g/mol. The van der Waals surface area contributed by atoms with E-state index < -0.39 is 5.91 Å². The van der Waals surface area contributed by atoms with Gasteiger partial charge in [0.25, 0.3) is 5.91 Å². The Bertz CT molecular complexity index is 907. The Hall–Kier alpha value is -3.24. The van der Waals surface area contributed by atoms with Crippen molar-refractivity contribution < 1.29 is 19.1 Å². The summed E-state index contributed by atoms with van der Waals surface area (Å²) in [6.45, 7) is 3.53. The highest BCUT2D eigenvalue weighted by molar-refractivity contribution is 6.31.